The lowest BCUT2D eigenvalue weighted by atomic mass is 10.3. The maximum Gasteiger partial charge on any atom is 0.418 e. The van der Waals surface area contributed by atoms with E-state index in [0.717, 1.165) is 0 Å². The molecule has 86 valence electrons. The van der Waals surface area contributed by atoms with Gasteiger partial charge in [-0.2, -0.15) is 13.5 Å². The van der Waals surface area contributed by atoms with Crippen LogP contribution in [0.15, 0.2) is 11.6 Å². The Bertz CT molecular complexity index is 415. The van der Waals surface area contributed by atoms with Gasteiger partial charge in [-0.3, -0.25) is 9.87 Å². The van der Waals surface area contributed by atoms with Gasteiger partial charge >= 0.3 is 16.4 Å². The lowest BCUT2D eigenvalue weighted by molar-refractivity contribution is -0.0468. The summed E-state index contributed by atoms with van der Waals surface area (Å²) in [4.78, 5) is 11.0. The topological polar surface area (TPSA) is 168 Å². The fourth-order valence-corrected chi connectivity index (χ4v) is 1.17. The summed E-state index contributed by atoms with van der Waals surface area (Å²) >= 11 is 0. The van der Waals surface area contributed by atoms with Crippen LogP contribution in [0.2, 0.25) is 0 Å². The first-order valence-corrected chi connectivity index (χ1v) is 4.80. The number of nitrogens with one attached hydrogen (secondary N) is 1. The van der Waals surface area contributed by atoms with E-state index in [1.165, 1.54) is 0 Å². The van der Waals surface area contributed by atoms with E-state index in [-0.39, 0.29) is 5.06 Å². The number of aliphatic hydroxyl groups excluding tert-OH is 1. The molecule has 0 saturated carbocycles. The molecule has 0 aromatic heterocycles. The zero-order valence-electron chi connectivity index (χ0n) is 7.11. The summed E-state index contributed by atoms with van der Waals surface area (Å²) in [5.74, 6) is -0.706. The highest BCUT2D eigenvalue weighted by Gasteiger charge is 2.35. The summed E-state index contributed by atoms with van der Waals surface area (Å²) in [6.45, 7) is 0. The van der Waals surface area contributed by atoms with Gasteiger partial charge in [0.05, 0.1) is 0 Å². The molecule has 0 fully saturated rings. The van der Waals surface area contributed by atoms with Crippen LogP contribution in [0.4, 0.5) is 4.79 Å². The standard InChI is InChI=1S/C4H8N4O6S/c5-1-2(6)8(14-15(11,12)13)4(10)7-3(1)9/h2,9H,5-6H2,(H,7,10)(H,11,12,13)/t2-/m0/s1. The average molecular weight is 240 g/mol. The van der Waals surface area contributed by atoms with Crippen LogP contribution in [-0.4, -0.2) is 35.3 Å². The third-order valence-electron chi connectivity index (χ3n) is 1.44. The molecule has 1 rings (SSSR count). The van der Waals surface area contributed by atoms with Crippen LogP contribution < -0.4 is 16.8 Å². The maximum absolute atomic E-state index is 11.0. The number of hydroxylamine groups is 2. The van der Waals surface area contributed by atoms with E-state index in [1.54, 1.807) is 5.32 Å². The van der Waals surface area contributed by atoms with Crippen molar-refractivity contribution in [2.24, 2.45) is 11.5 Å². The monoisotopic (exact) mass is 240 g/mol. The maximum atomic E-state index is 11.0. The zero-order chi connectivity index (χ0) is 11.8. The van der Waals surface area contributed by atoms with E-state index >= 15 is 0 Å². The number of carbonyl (C=O) groups is 1. The summed E-state index contributed by atoms with van der Waals surface area (Å²) in [5, 5.41) is 10.8. The molecule has 0 saturated heterocycles. The molecule has 10 nitrogen and oxygen atoms in total. The highest BCUT2D eigenvalue weighted by atomic mass is 32.3. The highest BCUT2D eigenvalue weighted by Crippen LogP contribution is 2.12. The second-order valence-electron chi connectivity index (χ2n) is 2.51. The number of nitrogens with zero attached hydrogens (tertiary/aromatic N) is 1. The molecule has 1 aliphatic heterocycles. The first-order valence-electron chi connectivity index (χ1n) is 3.44. The summed E-state index contributed by atoms with van der Waals surface area (Å²) in [6.07, 6.45) is -1.53. The number of hydrogen-bond acceptors (Lipinski definition) is 7. The van der Waals surface area contributed by atoms with Crippen molar-refractivity contribution in [1.29, 1.82) is 0 Å². The molecule has 1 heterocycles. The molecule has 15 heavy (non-hydrogen) atoms. The minimum Gasteiger partial charge on any atom is -0.493 e. The van der Waals surface area contributed by atoms with Gasteiger partial charge < -0.3 is 16.6 Å². The van der Waals surface area contributed by atoms with Crippen LogP contribution in [0.3, 0.4) is 0 Å². The number of urea groups is 1. The van der Waals surface area contributed by atoms with E-state index < -0.39 is 34.2 Å². The van der Waals surface area contributed by atoms with E-state index in [2.05, 4.69) is 4.28 Å². The Morgan fingerprint density at radius 3 is 2.53 bits per heavy atom. The van der Waals surface area contributed by atoms with Crippen LogP contribution in [0, 0.1) is 0 Å². The predicted octanol–water partition coefficient (Wildman–Crippen LogP) is -2.28. The molecule has 0 spiro atoms. The molecule has 0 bridgehead atoms. The van der Waals surface area contributed by atoms with Crippen molar-refractivity contribution in [3.63, 3.8) is 0 Å². The van der Waals surface area contributed by atoms with Gasteiger partial charge in [-0.1, -0.05) is 0 Å². The van der Waals surface area contributed by atoms with Gasteiger partial charge in [-0.25, -0.2) is 4.79 Å². The van der Waals surface area contributed by atoms with Crippen molar-refractivity contribution in [3.8, 4) is 0 Å². The Morgan fingerprint density at radius 2 is 2.07 bits per heavy atom. The van der Waals surface area contributed by atoms with Crippen LogP contribution in [0.1, 0.15) is 0 Å². The summed E-state index contributed by atoms with van der Waals surface area (Å²) < 4.78 is 32.8. The molecule has 0 aromatic rings. The molecule has 0 radical (unpaired) electrons. The molecule has 7 N–H and O–H groups in total. The number of carbonyl (C=O) groups excluding carboxylic acids is 1. The van der Waals surface area contributed by atoms with Gasteiger partial charge in [-0.15, -0.1) is 4.28 Å². The number of amides is 2. The zero-order valence-corrected chi connectivity index (χ0v) is 7.93. The van der Waals surface area contributed by atoms with Crippen LogP contribution in [0.25, 0.3) is 0 Å². The van der Waals surface area contributed by atoms with Crippen molar-refractivity contribution in [1.82, 2.24) is 10.4 Å². The van der Waals surface area contributed by atoms with Crippen molar-refractivity contribution < 1.29 is 27.2 Å². The van der Waals surface area contributed by atoms with E-state index in [0.29, 0.717) is 0 Å². The predicted molar refractivity (Wildman–Crippen MR) is 44.8 cm³/mol. The highest BCUT2D eigenvalue weighted by molar-refractivity contribution is 7.80. The van der Waals surface area contributed by atoms with Gasteiger partial charge in [0.2, 0.25) is 5.88 Å². The fourth-order valence-electron chi connectivity index (χ4n) is 0.803. The SMILES string of the molecule is NC1=C(O)NC(=O)N(OS(=O)(=O)O)[C@@H]1N. The minimum atomic E-state index is -4.91. The average Bonchev–Trinajstić information content (AvgIpc) is 2.07. The van der Waals surface area contributed by atoms with Gasteiger partial charge in [0.15, 0.2) is 6.17 Å². The Balaban J connectivity index is 2.97. The largest absolute Gasteiger partial charge is 0.493 e. The Morgan fingerprint density at radius 1 is 1.53 bits per heavy atom. The molecular weight excluding hydrogens is 232 g/mol. The van der Waals surface area contributed by atoms with E-state index in [9.17, 15) is 13.2 Å². The first-order chi connectivity index (χ1) is 6.72. The second kappa shape index (κ2) is 3.54. The Labute approximate surface area is 84.0 Å². The lowest BCUT2D eigenvalue weighted by Gasteiger charge is -2.29. The van der Waals surface area contributed by atoms with Crippen LogP contribution in [0.5, 0.6) is 0 Å². The normalized spacial score (nSPS) is 22.9. The first kappa shape index (κ1) is 11.5. The molecule has 2 amide bonds. The quantitative estimate of drug-likeness (QED) is 0.336. The number of aliphatic hydroxyl groups is 1. The summed E-state index contributed by atoms with van der Waals surface area (Å²) in [5.41, 5.74) is 10.00. The summed E-state index contributed by atoms with van der Waals surface area (Å²) in [6, 6.07) is -1.19. The number of hydrogen-bond donors (Lipinski definition) is 5. The Hall–Kier alpha value is -1.56. The van der Waals surface area contributed by atoms with Crippen LogP contribution >= 0.6 is 0 Å². The fraction of sp³-hybridized carbons (Fsp3) is 0.250. The third kappa shape index (κ3) is 2.47. The van der Waals surface area contributed by atoms with Crippen molar-refractivity contribution in [2.75, 3.05) is 0 Å². The van der Waals surface area contributed by atoms with Crippen LogP contribution in [-0.2, 0) is 14.7 Å². The van der Waals surface area contributed by atoms with Crippen molar-refractivity contribution >= 4 is 16.4 Å². The minimum absolute atomic E-state index is 0.0599. The molecule has 0 aliphatic carbocycles. The number of nitrogens with two attached hydrogens (primary N) is 2. The lowest BCUT2D eigenvalue weighted by Crippen LogP contribution is -2.57. The van der Waals surface area contributed by atoms with Crippen molar-refractivity contribution in [3.05, 3.63) is 11.6 Å². The Kier molecular flexibility index (Phi) is 2.72. The van der Waals surface area contributed by atoms with E-state index in [1.807, 2.05) is 0 Å². The van der Waals surface area contributed by atoms with Gasteiger partial charge in [0, 0.05) is 0 Å². The van der Waals surface area contributed by atoms with Gasteiger partial charge in [-0.05, 0) is 0 Å². The third-order valence-corrected chi connectivity index (χ3v) is 1.79. The smallest absolute Gasteiger partial charge is 0.418 e. The van der Waals surface area contributed by atoms with Crippen molar-refractivity contribution in [2.45, 2.75) is 6.17 Å². The molecule has 0 unspecified atom stereocenters. The molecule has 1 atom stereocenters. The van der Waals surface area contributed by atoms with Gasteiger partial charge in [0.25, 0.3) is 0 Å². The summed E-state index contributed by atoms with van der Waals surface area (Å²) in [7, 11) is -4.91. The van der Waals surface area contributed by atoms with Gasteiger partial charge in [0.1, 0.15) is 5.70 Å². The number of rotatable bonds is 2. The molecule has 1 aliphatic rings. The molecule has 11 heteroatoms. The molecule has 0 aromatic carbocycles. The second-order valence-corrected chi connectivity index (χ2v) is 3.51. The molecular formula is C4H8N4O6S. The van der Waals surface area contributed by atoms with E-state index in [4.69, 9.17) is 21.1 Å².